The number of hydrogen-bond donors (Lipinski definition) is 2. The van der Waals surface area contributed by atoms with Gasteiger partial charge in [0.25, 0.3) is 5.69 Å². The Balaban J connectivity index is 1.62. The predicted octanol–water partition coefficient (Wildman–Crippen LogP) is 3.47. The van der Waals surface area contributed by atoms with Crippen molar-refractivity contribution in [3.05, 3.63) is 58.9 Å². The van der Waals surface area contributed by atoms with E-state index in [2.05, 4.69) is 20.6 Å². The van der Waals surface area contributed by atoms with Crippen LogP contribution in [0.4, 0.5) is 11.4 Å². The molecule has 2 N–H and O–H groups in total. The monoisotopic (exact) mass is 382 g/mol. The molecular formula is C19H22N6O3. The molecule has 0 amide bonds. The Morgan fingerprint density at radius 2 is 2.00 bits per heavy atom. The van der Waals surface area contributed by atoms with E-state index >= 15 is 0 Å². The number of unbranched alkanes of at least 4 members (excludes halogenated alkanes) is 3. The zero-order chi connectivity index (χ0) is 20.0. The van der Waals surface area contributed by atoms with Gasteiger partial charge in [0, 0.05) is 30.7 Å². The van der Waals surface area contributed by atoms with Crippen molar-refractivity contribution in [1.82, 2.24) is 10.3 Å². The number of anilines is 1. The summed E-state index contributed by atoms with van der Waals surface area (Å²) in [6, 6.07) is 9.76. The fourth-order valence-corrected chi connectivity index (χ4v) is 2.37. The van der Waals surface area contributed by atoms with Crippen LogP contribution in [0.2, 0.25) is 0 Å². The molecule has 0 spiro atoms. The van der Waals surface area contributed by atoms with E-state index in [0.717, 1.165) is 31.4 Å². The molecule has 2 aromatic rings. The molecule has 0 saturated heterocycles. The van der Waals surface area contributed by atoms with Crippen LogP contribution in [0.1, 0.15) is 25.7 Å². The molecule has 0 unspecified atom stereocenters. The summed E-state index contributed by atoms with van der Waals surface area (Å²) in [6.07, 6.45) is 8.84. The topological polar surface area (TPSA) is 125 Å². The van der Waals surface area contributed by atoms with E-state index < -0.39 is 4.92 Å². The molecule has 28 heavy (non-hydrogen) atoms. The fraction of sp³-hybridized carbons (Fsp3) is 0.316. The third kappa shape index (κ3) is 7.70. The van der Waals surface area contributed by atoms with Crippen LogP contribution in [0.3, 0.4) is 0 Å². The number of rotatable bonds is 10. The van der Waals surface area contributed by atoms with Gasteiger partial charge in [-0.05, 0) is 37.5 Å². The second-order valence-electron chi connectivity index (χ2n) is 5.85. The van der Waals surface area contributed by atoms with Gasteiger partial charge in [-0.15, -0.1) is 0 Å². The molecule has 9 nitrogen and oxygen atoms in total. The number of non-ortho nitro benzene ring substituents is 1. The molecule has 0 fully saturated rings. The number of aliphatic imine (C=N–C) groups is 1. The molecule has 0 aliphatic carbocycles. The zero-order valence-electron chi connectivity index (χ0n) is 15.4. The molecule has 0 aliphatic rings. The lowest BCUT2D eigenvalue weighted by molar-refractivity contribution is -0.384. The first kappa shape index (κ1) is 20.6. The van der Waals surface area contributed by atoms with Crippen molar-refractivity contribution in [2.45, 2.75) is 25.7 Å². The average Bonchev–Trinajstić information content (AvgIpc) is 2.71. The quantitative estimate of drug-likeness (QED) is 0.123. The van der Waals surface area contributed by atoms with E-state index in [1.54, 1.807) is 36.7 Å². The highest BCUT2D eigenvalue weighted by molar-refractivity contribution is 5.94. The Labute approximate surface area is 163 Å². The molecule has 0 radical (unpaired) electrons. The van der Waals surface area contributed by atoms with Crippen LogP contribution in [0.25, 0.3) is 0 Å². The van der Waals surface area contributed by atoms with Gasteiger partial charge in [0.2, 0.25) is 5.96 Å². The molecule has 1 aromatic carbocycles. The zero-order valence-corrected chi connectivity index (χ0v) is 15.4. The number of aromatic nitrogens is 1. The van der Waals surface area contributed by atoms with E-state index in [0.29, 0.717) is 24.9 Å². The number of nitro benzene ring substituents is 1. The molecule has 2 rings (SSSR count). The van der Waals surface area contributed by atoms with Gasteiger partial charge < -0.3 is 10.1 Å². The summed E-state index contributed by atoms with van der Waals surface area (Å²) in [5.74, 6) is 0.913. The van der Waals surface area contributed by atoms with Gasteiger partial charge in [0.15, 0.2) is 6.19 Å². The number of nitrogens with one attached hydrogen (secondary N) is 2. The van der Waals surface area contributed by atoms with Gasteiger partial charge in [-0.3, -0.25) is 25.4 Å². The highest BCUT2D eigenvalue weighted by atomic mass is 16.6. The summed E-state index contributed by atoms with van der Waals surface area (Å²) in [6.45, 7) is 1.10. The van der Waals surface area contributed by atoms with Gasteiger partial charge >= 0.3 is 0 Å². The van der Waals surface area contributed by atoms with Crippen molar-refractivity contribution in [2.75, 3.05) is 18.5 Å². The van der Waals surface area contributed by atoms with Crippen LogP contribution in [0.5, 0.6) is 5.75 Å². The number of pyridine rings is 1. The van der Waals surface area contributed by atoms with E-state index in [1.165, 1.54) is 12.1 Å². The Hall–Kier alpha value is -3.67. The van der Waals surface area contributed by atoms with Crippen LogP contribution < -0.4 is 15.4 Å². The summed E-state index contributed by atoms with van der Waals surface area (Å²) in [5.41, 5.74) is 0.826. The average molecular weight is 382 g/mol. The van der Waals surface area contributed by atoms with Crippen LogP contribution in [0.15, 0.2) is 53.8 Å². The van der Waals surface area contributed by atoms with E-state index in [4.69, 9.17) is 10.00 Å². The smallest absolute Gasteiger partial charge is 0.273 e. The Kier molecular flexibility index (Phi) is 8.74. The lowest BCUT2D eigenvalue weighted by Gasteiger charge is -2.08. The highest BCUT2D eigenvalue weighted by Gasteiger charge is 2.06. The van der Waals surface area contributed by atoms with Crippen LogP contribution in [-0.4, -0.2) is 29.0 Å². The largest absolute Gasteiger partial charge is 0.493 e. The van der Waals surface area contributed by atoms with E-state index in [9.17, 15) is 10.1 Å². The number of guanidine groups is 1. The van der Waals surface area contributed by atoms with E-state index in [-0.39, 0.29) is 5.69 Å². The molecule has 0 aliphatic heterocycles. The van der Waals surface area contributed by atoms with Gasteiger partial charge in [0.05, 0.1) is 17.6 Å². The second kappa shape index (κ2) is 11.9. The SMILES string of the molecule is N#CNC(=NCCCCCCOc1cccc([N+](=O)[O-])c1)Nc1ccncc1. The van der Waals surface area contributed by atoms with Gasteiger partial charge in [-0.1, -0.05) is 12.5 Å². The maximum absolute atomic E-state index is 10.7. The second-order valence-corrected chi connectivity index (χ2v) is 5.85. The van der Waals surface area contributed by atoms with Crippen molar-refractivity contribution in [1.29, 1.82) is 5.26 Å². The highest BCUT2D eigenvalue weighted by Crippen LogP contribution is 2.19. The Morgan fingerprint density at radius 3 is 2.75 bits per heavy atom. The van der Waals surface area contributed by atoms with Gasteiger partial charge in [-0.2, -0.15) is 5.26 Å². The van der Waals surface area contributed by atoms with Crippen LogP contribution in [-0.2, 0) is 0 Å². The van der Waals surface area contributed by atoms with Gasteiger partial charge in [0.1, 0.15) is 5.75 Å². The molecule has 1 heterocycles. The fourth-order valence-electron chi connectivity index (χ4n) is 2.37. The molecule has 9 heteroatoms. The minimum atomic E-state index is -0.438. The number of nitriles is 1. The molecule has 1 aromatic heterocycles. The third-order valence-corrected chi connectivity index (χ3v) is 3.74. The van der Waals surface area contributed by atoms with Crippen molar-refractivity contribution in [3.8, 4) is 11.9 Å². The minimum Gasteiger partial charge on any atom is -0.493 e. The molecule has 0 saturated carbocycles. The first-order valence-electron chi connectivity index (χ1n) is 8.93. The molecular weight excluding hydrogens is 360 g/mol. The standard InChI is InChI=1S/C19H22N6O3/c20-15-23-19(24-16-8-11-21-12-9-16)22-10-3-1-2-4-13-28-18-7-5-6-17(14-18)25(26)27/h5-9,11-12,14H,1-4,10,13H2,(H2,21,22,23,24). The predicted molar refractivity (Wildman–Crippen MR) is 106 cm³/mol. The van der Waals surface area contributed by atoms with Crippen LogP contribution >= 0.6 is 0 Å². The summed E-state index contributed by atoms with van der Waals surface area (Å²) in [7, 11) is 0. The lowest BCUT2D eigenvalue weighted by atomic mass is 10.2. The first-order valence-corrected chi connectivity index (χ1v) is 8.93. The molecule has 0 bridgehead atoms. The van der Waals surface area contributed by atoms with E-state index in [1.807, 2.05) is 6.19 Å². The molecule has 0 atom stereocenters. The first-order chi connectivity index (χ1) is 13.7. The van der Waals surface area contributed by atoms with Crippen molar-refractivity contribution >= 4 is 17.3 Å². The van der Waals surface area contributed by atoms with Crippen LogP contribution in [0, 0.1) is 21.6 Å². The summed E-state index contributed by atoms with van der Waals surface area (Å²) in [4.78, 5) is 18.6. The maximum atomic E-state index is 10.7. The number of nitrogens with zero attached hydrogens (tertiary/aromatic N) is 4. The number of nitro groups is 1. The molecule has 146 valence electrons. The number of benzene rings is 1. The van der Waals surface area contributed by atoms with Gasteiger partial charge in [-0.25, -0.2) is 0 Å². The Bertz CT molecular complexity index is 820. The summed E-state index contributed by atoms with van der Waals surface area (Å²) in [5, 5.41) is 25.1. The number of ether oxygens (including phenoxy) is 1. The van der Waals surface area contributed by atoms with Crippen molar-refractivity contribution < 1.29 is 9.66 Å². The maximum Gasteiger partial charge on any atom is 0.273 e. The van der Waals surface area contributed by atoms with Crippen molar-refractivity contribution in [2.24, 2.45) is 4.99 Å². The lowest BCUT2D eigenvalue weighted by Crippen LogP contribution is -2.27. The van der Waals surface area contributed by atoms with Crippen molar-refractivity contribution in [3.63, 3.8) is 0 Å². The summed E-state index contributed by atoms with van der Waals surface area (Å²) < 4.78 is 5.55. The Morgan fingerprint density at radius 1 is 1.21 bits per heavy atom. The summed E-state index contributed by atoms with van der Waals surface area (Å²) >= 11 is 0. The normalized spacial score (nSPS) is 10.8. The third-order valence-electron chi connectivity index (χ3n) is 3.74. The number of hydrogen-bond acceptors (Lipinski definition) is 6. The minimum absolute atomic E-state index is 0.0255.